The lowest BCUT2D eigenvalue weighted by Crippen LogP contribution is -2.35. The van der Waals surface area contributed by atoms with Crippen molar-refractivity contribution in [2.75, 3.05) is 13.2 Å². The first-order chi connectivity index (χ1) is 4.79. The van der Waals surface area contributed by atoms with Crippen molar-refractivity contribution in [1.29, 1.82) is 0 Å². The highest BCUT2D eigenvalue weighted by Gasteiger charge is 2.43. The molecule has 0 aromatic rings. The van der Waals surface area contributed by atoms with E-state index in [0.29, 0.717) is 12.5 Å². The summed E-state index contributed by atoms with van der Waals surface area (Å²) in [7, 11) is 0. The van der Waals surface area contributed by atoms with Crippen molar-refractivity contribution in [3.05, 3.63) is 0 Å². The molecule has 2 aliphatic rings. The first kappa shape index (κ1) is 6.58. The van der Waals surface area contributed by atoms with Gasteiger partial charge in [0, 0.05) is 5.92 Å². The third-order valence-electron chi connectivity index (χ3n) is 2.34. The largest absolute Gasteiger partial charge is 0.373 e. The maximum Gasteiger partial charge on any atom is 0.101 e. The molecule has 10 heavy (non-hydrogen) atoms. The van der Waals surface area contributed by atoms with Crippen LogP contribution in [0.25, 0.3) is 0 Å². The number of rotatable bonds is 0. The van der Waals surface area contributed by atoms with E-state index in [-0.39, 0.29) is 18.2 Å². The Balaban J connectivity index is 2.09. The monoisotopic (exact) mass is 143 g/mol. The first-order valence-corrected chi connectivity index (χ1v) is 3.78. The van der Waals surface area contributed by atoms with E-state index in [9.17, 15) is 0 Å². The minimum absolute atomic E-state index is 0.106. The maximum atomic E-state index is 5.73. The van der Waals surface area contributed by atoms with Gasteiger partial charge < -0.3 is 15.2 Å². The molecule has 3 unspecified atom stereocenters. The van der Waals surface area contributed by atoms with Crippen LogP contribution in [0, 0.1) is 5.92 Å². The molecule has 2 saturated heterocycles. The van der Waals surface area contributed by atoms with E-state index < -0.39 is 0 Å². The molecule has 3 nitrogen and oxygen atoms in total. The zero-order valence-corrected chi connectivity index (χ0v) is 6.12. The summed E-state index contributed by atoms with van der Waals surface area (Å²) < 4.78 is 10.9. The van der Waals surface area contributed by atoms with Gasteiger partial charge in [-0.3, -0.25) is 0 Å². The Morgan fingerprint density at radius 3 is 2.60 bits per heavy atom. The van der Waals surface area contributed by atoms with Crippen LogP contribution in [0.5, 0.6) is 0 Å². The van der Waals surface area contributed by atoms with E-state index in [1.54, 1.807) is 0 Å². The van der Waals surface area contributed by atoms with Crippen LogP contribution >= 0.6 is 0 Å². The van der Waals surface area contributed by atoms with Gasteiger partial charge in [0.15, 0.2) is 0 Å². The average molecular weight is 143 g/mol. The Kier molecular flexibility index (Phi) is 1.44. The SMILES string of the molecule is CC1COC2C1OC[C@H]2N. The van der Waals surface area contributed by atoms with Gasteiger partial charge in [-0.05, 0) is 0 Å². The van der Waals surface area contributed by atoms with Crippen LogP contribution in [0.4, 0.5) is 0 Å². The molecular formula is C7H13NO2. The predicted octanol–water partition coefficient (Wildman–Crippen LogP) is -0.253. The molecule has 3 heteroatoms. The van der Waals surface area contributed by atoms with Crippen molar-refractivity contribution in [3.8, 4) is 0 Å². The van der Waals surface area contributed by atoms with Crippen LogP contribution in [0.15, 0.2) is 0 Å². The van der Waals surface area contributed by atoms with Gasteiger partial charge in [0.25, 0.3) is 0 Å². The van der Waals surface area contributed by atoms with Gasteiger partial charge in [0.1, 0.15) is 6.10 Å². The minimum atomic E-state index is 0.106. The Labute approximate surface area is 60.5 Å². The minimum Gasteiger partial charge on any atom is -0.373 e. The first-order valence-electron chi connectivity index (χ1n) is 3.78. The Bertz CT molecular complexity index is 124. The summed E-state index contributed by atoms with van der Waals surface area (Å²) in [5, 5.41) is 0. The number of fused-ring (bicyclic) bond motifs is 1. The second-order valence-corrected chi connectivity index (χ2v) is 3.24. The van der Waals surface area contributed by atoms with Gasteiger partial charge >= 0.3 is 0 Å². The smallest absolute Gasteiger partial charge is 0.101 e. The summed E-state index contributed by atoms with van der Waals surface area (Å²) in [6.45, 7) is 3.62. The number of ether oxygens (including phenoxy) is 2. The Morgan fingerprint density at radius 1 is 1.20 bits per heavy atom. The fourth-order valence-corrected chi connectivity index (χ4v) is 1.72. The summed E-state index contributed by atoms with van der Waals surface area (Å²) in [5.41, 5.74) is 5.73. The van der Waals surface area contributed by atoms with E-state index in [2.05, 4.69) is 6.92 Å². The molecule has 2 aliphatic heterocycles. The van der Waals surface area contributed by atoms with Crippen LogP contribution in [0.3, 0.4) is 0 Å². The molecule has 0 aliphatic carbocycles. The van der Waals surface area contributed by atoms with Gasteiger partial charge in [-0.1, -0.05) is 6.92 Å². The molecule has 2 fully saturated rings. The Hall–Kier alpha value is -0.120. The highest BCUT2D eigenvalue weighted by molar-refractivity contribution is 4.94. The zero-order chi connectivity index (χ0) is 7.14. The molecular weight excluding hydrogens is 130 g/mol. The van der Waals surface area contributed by atoms with Crippen molar-refractivity contribution >= 4 is 0 Å². The van der Waals surface area contributed by atoms with Gasteiger partial charge in [0.2, 0.25) is 0 Å². The standard InChI is InChI=1S/C7H13NO2/c1-4-2-9-7-5(8)3-10-6(4)7/h4-7H,2-3,8H2,1H3/t4?,5-,6?,7?/m1/s1. The van der Waals surface area contributed by atoms with E-state index in [1.165, 1.54) is 0 Å². The van der Waals surface area contributed by atoms with E-state index in [0.717, 1.165) is 6.61 Å². The molecule has 0 aromatic carbocycles. The van der Waals surface area contributed by atoms with Crippen molar-refractivity contribution in [2.24, 2.45) is 11.7 Å². The van der Waals surface area contributed by atoms with Gasteiger partial charge in [-0.2, -0.15) is 0 Å². The lowest BCUT2D eigenvalue weighted by atomic mass is 10.0. The predicted molar refractivity (Wildman–Crippen MR) is 36.6 cm³/mol. The number of nitrogens with two attached hydrogens (primary N) is 1. The number of hydrogen-bond acceptors (Lipinski definition) is 3. The fraction of sp³-hybridized carbons (Fsp3) is 1.00. The second-order valence-electron chi connectivity index (χ2n) is 3.24. The molecule has 2 rings (SSSR count). The summed E-state index contributed by atoms with van der Waals surface area (Å²) in [4.78, 5) is 0. The van der Waals surface area contributed by atoms with Gasteiger partial charge in [-0.15, -0.1) is 0 Å². The van der Waals surface area contributed by atoms with Gasteiger partial charge in [-0.25, -0.2) is 0 Å². The van der Waals surface area contributed by atoms with Crippen LogP contribution in [0.2, 0.25) is 0 Å². The number of hydrogen-bond donors (Lipinski definition) is 1. The maximum absolute atomic E-state index is 5.73. The molecule has 0 bridgehead atoms. The molecule has 0 spiro atoms. The summed E-state index contributed by atoms with van der Waals surface area (Å²) in [6.07, 6.45) is 0.449. The zero-order valence-electron chi connectivity index (χ0n) is 6.12. The summed E-state index contributed by atoms with van der Waals surface area (Å²) >= 11 is 0. The fourth-order valence-electron chi connectivity index (χ4n) is 1.72. The average Bonchev–Trinajstić information content (AvgIpc) is 2.41. The molecule has 0 aromatic heterocycles. The normalized spacial score (nSPS) is 53.4. The summed E-state index contributed by atoms with van der Waals surface area (Å²) in [5.74, 6) is 0.526. The van der Waals surface area contributed by atoms with E-state index >= 15 is 0 Å². The molecule has 58 valence electrons. The topological polar surface area (TPSA) is 44.5 Å². The third-order valence-corrected chi connectivity index (χ3v) is 2.34. The van der Waals surface area contributed by atoms with Crippen molar-refractivity contribution in [2.45, 2.75) is 25.2 Å². The van der Waals surface area contributed by atoms with E-state index in [4.69, 9.17) is 15.2 Å². The van der Waals surface area contributed by atoms with E-state index in [1.807, 2.05) is 0 Å². The highest BCUT2D eigenvalue weighted by Crippen LogP contribution is 2.29. The van der Waals surface area contributed by atoms with Crippen LogP contribution in [-0.4, -0.2) is 31.5 Å². The second kappa shape index (κ2) is 2.19. The van der Waals surface area contributed by atoms with Crippen molar-refractivity contribution in [1.82, 2.24) is 0 Å². The molecule has 0 saturated carbocycles. The molecule has 0 amide bonds. The van der Waals surface area contributed by atoms with Crippen LogP contribution in [0.1, 0.15) is 6.92 Å². The Morgan fingerprint density at radius 2 is 1.90 bits per heavy atom. The lowest BCUT2D eigenvalue weighted by molar-refractivity contribution is 0.0650. The lowest BCUT2D eigenvalue weighted by Gasteiger charge is -2.10. The quantitative estimate of drug-likeness (QED) is 0.508. The molecule has 4 atom stereocenters. The van der Waals surface area contributed by atoms with Crippen LogP contribution in [-0.2, 0) is 9.47 Å². The third kappa shape index (κ3) is 0.779. The molecule has 2 heterocycles. The highest BCUT2D eigenvalue weighted by atomic mass is 16.6. The van der Waals surface area contributed by atoms with Crippen molar-refractivity contribution < 1.29 is 9.47 Å². The van der Waals surface area contributed by atoms with Crippen LogP contribution < -0.4 is 5.73 Å². The van der Waals surface area contributed by atoms with Crippen molar-refractivity contribution in [3.63, 3.8) is 0 Å². The van der Waals surface area contributed by atoms with Gasteiger partial charge in [0.05, 0.1) is 25.4 Å². The summed E-state index contributed by atoms with van der Waals surface area (Å²) in [6, 6.07) is 0.106. The molecule has 2 N–H and O–H groups in total. The molecule has 0 radical (unpaired) electrons.